The zero-order valence-corrected chi connectivity index (χ0v) is 15.9. The normalized spacial score (nSPS) is 11.3. The van der Waals surface area contributed by atoms with Crippen LogP contribution in [0.15, 0.2) is 44.8 Å². The Bertz CT molecular complexity index is 1120. The minimum atomic E-state index is -0.0947. The van der Waals surface area contributed by atoms with Crippen molar-refractivity contribution < 1.29 is 4.42 Å². The number of rotatable bonds is 5. The number of hydrogen-bond acceptors (Lipinski definition) is 7. The number of aromatic nitrogens is 4. The van der Waals surface area contributed by atoms with Crippen molar-refractivity contribution in [3.63, 3.8) is 0 Å². The lowest BCUT2D eigenvalue weighted by atomic mass is 10.2. The fourth-order valence-corrected chi connectivity index (χ4v) is 4.34. The first-order chi connectivity index (χ1) is 12.6. The number of thioether (sulfide) groups is 1. The van der Waals surface area contributed by atoms with Crippen LogP contribution in [0.1, 0.15) is 27.7 Å². The van der Waals surface area contributed by atoms with Gasteiger partial charge in [0.1, 0.15) is 10.7 Å². The molecule has 4 rings (SSSR count). The number of aromatic amines is 1. The van der Waals surface area contributed by atoms with E-state index in [0.717, 1.165) is 20.8 Å². The number of thiophene rings is 1. The number of fused-ring (bicyclic) bond motifs is 1. The molecule has 26 heavy (non-hydrogen) atoms. The molecule has 0 aliphatic rings. The third kappa shape index (κ3) is 3.42. The van der Waals surface area contributed by atoms with Crippen molar-refractivity contribution in [1.82, 2.24) is 20.2 Å². The van der Waals surface area contributed by atoms with Crippen LogP contribution in [-0.2, 0) is 12.2 Å². The molecule has 0 aliphatic heterocycles. The highest BCUT2D eigenvalue weighted by Crippen LogP contribution is 2.27. The van der Waals surface area contributed by atoms with Gasteiger partial charge in [0.2, 0.25) is 5.89 Å². The monoisotopic (exact) mass is 384 g/mol. The highest BCUT2D eigenvalue weighted by molar-refractivity contribution is 7.98. The molecule has 0 aliphatic carbocycles. The Morgan fingerprint density at radius 3 is 2.81 bits per heavy atom. The molecule has 0 bridgehead atoms. The molecule has 0 amide bonds. The molecule has 0 unspecified atom stereocenters. The van der Waals surface area contributed by atoms with Gasteiger partial charge in [0, 0.05) is 4.88 Å². The maximum absolute atomic E-state index is 12.3. The minimum absolute atomic E-state index is 0.0947. The van der Waals surface area contributed by atoms with Gasteiger partial charge in [-0.25, -0.2) is 4.98 Å². The van der Waals surface area contributed by atoms with Gasteiger partial charge in [-0.3, -0.25) is 4.79 Å². The van der Waals surface area contributed by atoms with Crippen LogP contribution in [0.5, 0.6) is 0 Å². The van der Waals surface area contributed by atoms with Gasteiger partial charge in [-0.2, -0.15) is 0 Å². The van der Waals surface area contributed by atoms with Gasteiger partial charge >= 0.3 is 0 Å². The van der Waals surface area contributed by atoms with Gasteiger partial charge in [-0.1, -0.05) is 42.1 Å². The van der Waals surface area contributed by atoms with E-state index in [1.165, 1.54) is 11.8 Å². The average molecular weight is 384 g/mol. The molecule has 6 nitrogen and oxygen atoms in total. The quantitative estimate of drug-likeness (QED) is 0.526. The molecule has 0 spiro atoms. The van der Waals surface area contributed by atoms with Crippen molar-refractivity contribution in [3.8, 4) is 0 Å². The molecule has 8 heteroatoms. The van der Waals surface area contributed by atoms with Crippen LogP contribution >= 0.6 is 23.1 Å². The Morgan fingerprint density at radius 1 is 1.19 bits per heavy atom. The first-order valence-corrected chi connectivity index (χ1v) is 9.88. The minimum Gasteiger partial charge on any atom is -0.416 e. The largest absolute Gasteiger partial charge is 0.416 e. The second kappa shape index (κ2) is 7.05. The first-order valence-electron chi connectivity index (χ1n) is 8.08. The Hall–Kier alpha value is -2.45. The molecular weight excluding hydrogens is 368 g/mol. The summed E-state index contributed by atoms with van der Waals surface area (Å²) in [6.45, 7) is 3.95. The Balaban J connectivity index is 1.48. The summed E-state index contributed by atoms with van der Waals surface area (Å²) in [4.78, 5) is 21.6. The maximum atomic E-state index is 12.3. The Kier molecular flexibility index (Phi) is 4.60. The number of aryl methyl sites for hydroxylation is 2. The summed E-state index contributed by atoms with van der Waals surface area (Å²) in [7, 11) is 0. The van der Waals surface area contributed by atoms with Gasteiger partial charge in [-0.15, -0.1) is 21.5 Å². The van der Waals surface area contributed by atoms with Gasteiger partial charge < -0.3 is 9.40 Å². The lowest BCUT2D eigenvalue weighted by molar-refractivity contribution is 0.420. The van der Waals surface area contributed by atoms with E-state index in [4.69, 9.17) is 4.42 Å². The zero-order valence-electron chi connectivity index (χ0n) is 14.3. The Morgan fingerprint density at radius 2 is 2.00 bits per heavy atom. The van der Waals surface area contributed by atoms with Gasteiger partial charge in [-0.05, 0) is 25.0 Å². The lowest BCUT2D eigenvalue weighted by Crippen LogP contribution is -2.10. The molecule has 0 radical (unpaired) electrons. The number of H-pyrrole nitrogens is 1. The molecule has 0 atom stereocenters. The zero-order chi connectivity index (χ0) is 18.1. The van der Waals surface area contributed by atoms with Gasteiger partial charge in [0.15, 0.2) is 0 Å². The third-order valence-corrected chi connectivity index (χ3v) is 6.00. The fraction of sp³-hybridized carbons (Fsp3) is 0.222. The second-order valence-corrected chi connectivity index (χ2v) is 8.02. The van der Waals surface area contributed by atoms with E-state index in [2.05, 4.69) is 20.2 Å². The van der Waals surface area contributed by atoms with E-state index < -0.39 is 0 Å². The van der Waals surface area contributed by atoms with Crippen LogP contribution in [0.25, 0.3) is 10.2 Å². The summed E-state index contributed by atoms with van der Waals surface area (Å²) in [5.41, 5.74) is 2.02. The van der Waals surface area contributed by atoms with Crippen LogP contribution in [0, 0.1) is 13.8 Å². The summed E-state index contributed by atoms with van der Waals surface area (Å²) in [5.74, 6) is 1.64. The van der Waals surface area contributed by atoms with Crippen LogP contribution in [0.3, 0.4) is 0 Å². The van der Waals surface area contributed by atoms with E-state index >= 15 is 0 Å². The highest BCUT2D eigenvalue weighted by Gasteiger charge is 2.13. The van der Waals surface area contributed by atoms with E-state index in [9.17, 15) is 4.79 Å². The number of nitrogens with zero attached hydrogens (tertiary/aromatic N) is 3. The SMILES string of the molecule is Cc1sc2nc(CSc3nnc(Cc4ccccc4)o3)[nH]c(=O)c2c1C. The average Bonchev–Trinajstić information content (AvgIpc) is 3.18. The Labute approximate surface area is 157 Å². The molecule has 1 aromatic carbocycles. The van der Waals surface area contributed by atoms with Crippen molar-refractivity contribution in [3.05, 3.63) is 68.4 Å². The molecule has 1 N–H and O–H groups in total. The summed E-state index contributed by atoms with van der Waals surface area (Å²) in [6.07, 6.45) is 0.600. The molecule has 0 fully saturated rings. The van der Waals surface area contributed by atoms with Gasteiger partial charge in [0.05, 0.1) is 17.6 Å². The molecule has 132 valence electrons. The highest BCUT2D eigenvalue weighted by atomic mass is 32.2. The number of nitrogens with one attached hydrogen (secondary N) is 1. The smallest absolute Gasteiger partial charge is 0.277 e. The van der Waals surface area contributed by atoms with Crippen LogP contribution in [0.2, 0.25) is 0 Å². The predicted octanol–water partition coefficient (Wildman–Crippen LogP) is 3.87. The first kappa shape index (κ1) is 17.0. The van der Waals surface area contributed by atoms with E-state index in [-0.39, 0.29) is 5.56 Å². The molecule has 4 aromatic rings. The van der Waals surface area contributed by atoms with E-state index in [1.54, 1.807) is 11.3 Å². The maximum Gasteiger partial charge on any atom is 0.277 e. The van der Waals surface area contributed by atoms with Crippen molar-refractivity contribution in [1.29, 1.82) is 0 Å². The predicted molar refractivity (Wildman–Crippen MR) is 103 cm³/mol. The topological polar surface area (TPSA) is 84.7 Å². The summed E-state index contributed by atoms with van der Waals surface area (Å²) in [6, 6.07) is 9.97. The molecule has 3 heterocycles. The van der Waals surface area contributed by atoms with Crippen molar-refractivity contribution in [2.75, 3.05) is 0 Å². The molecule has 0 saturated heterocycles. The summed E-state index contributed by atoms with van der Waals surface area (Å²) < 4.78 is 5.67. The van der Waals surface area contributed by atoms with Gasteiger partial charge in [0.25, 0.3) is 10.8 Å². The van der Waals surface area contributed by atoms with Crippen LogP contribution < -0.4 is 5.56 Å². The van der Waals surface area contributed by atoms with Crippen LogP contribution in [0.4, 0.5) is 0 Å². The number of benzene rings is 1. The lowest BCUT2D eigenvalue weighted by Gasteiger charge is -1.99. The standard InChI is InChI=1S/C18H16N4O2S2/c1-10-11(2)26-17-15(10)16(23)19-13(20-17)9-25-18-22-21-14(24-18)8-12-6-4-3-5-7-12/h3-7H,8-9H2,1-2H3,(H,19,20,23). The van der Waals surface area contributed by atoms with Crippen molar-refractivity contribution in [2.45, 2.75) is 31.2 Å². The summed E-state index contributed by atoms with van der Waals surface area (Å²) >= 11 is 2.91. The molecular formula is C18H16N4O2S2. The second-order valence-electron chi connectivity index (χ2n) is 5.89. The third-order valence-electron chi connectivity index (χ3n) is 4.07. The van der Waals surface area contributed by atoms with Crippen LogP contribution in [-0.4, -0.2) is 20.2 Å². The van der Waals surface area contributed by atoms with Crippen molar-refractivity contribution >= 4 is 33.3 Å². The molecule has 3 aromatic heterocycles. The van der Waals surface area contributed by atoms with Crippen molar-refractivity contribution in [2.24, 2.45) is 0 Å². The summed E-state index contributed by atoms with van der Waals surface area (Å²) in [5, 5.41) is 9.29. The van der Waals surface area contributed by atoms with E-state index in [0.29, 0.717) is 34.5 Å². The fourth-order valence-electron chi connectivity index (χ4n) is 2.64. The van der Waals surface area contributed by atoms with E-state index in [1.807, 2.05) is 44.2 Å². The number of hydrogen-bond donors (Lipinski definition) is 1. The molecule has 0 saturated carbocycles.